The SMILES string of the molecule is CCCC(=N)c1nc(-c2cc(CCN3CCC(=O)/C(=C\[C@H]4C=C(F)CCC4)C3)ccc2OCC)[nH]c(=O)c1NC. The van der Waals surface area contributed by atoms with Crippen molar-refractivity contribution in [2.24, 2.45) is 5.92 Å². The summed E-state index contributed by atoms with van der Waals surface area (Å²) in [5.74, 6) is 1.05. The molecule has 1 atom stereocenters. The van der Waals surface area contributed by atoms with Crippen molar-refractivity contribution in [1.82, 2.24) is 14.9 Å². The minimum absolute atomic E-state index is 0.00558. The van der Waals surface area contributed by atoms with Gasteiger partial charge in [-0.3, -0.25) is 14.5 Å². The number of rotatable bonds is 11. The number of likely N-dealkylation sites (tertiary alicyclic amines) is 1. The maximum atomic E-state index is 13.7. The number of benzene rings is 1. The van der Waals surface area contributed by atoms with Crippen molar-refractivity contribution in [3.05, 3.63) is 63.4 Å². The van der Waals surface area contributed by atoms with E-state index in [2.05, 4.69) is 15.2 Å². The van der Waals surface area contributed by atoms with Gasteiger partial charge in [-0.25, -0.2) is 9.37 Å². The number of ketones is 1. The number of hydrogen-bond acceptors (Lipinski definition) is 7. The number of anilines is 1. The Labute approximate surface area is 235 Å². The molecule has 1 fully saturated rings. The molecule has 1 aromatic heterocycles. The van der Waals surface area contributed by atoms with E-state index in [-0.39, 0.29) is 28.8 Å². The first-order valence-electron chi connectivity index (χ1n) is 14.3. The van der Waals surface area contributed by atoms with Crippen LogP contribution in [-0.4, -0.2) is 59.7 Å². The van der Waals surface area contributed by atoms with Crippen molar-refractivity contribution in [3.63, 3.8) is 0 Å². The quantitative estimate of drug-likeness (QED) is 0.254. The summed E-state index contributed by atoms with van der Waals surface area (Å²) in [5, 5.41) is 11.4. The van der Waals surface area contributed by atoms with E-state index in [4.69, 9.17) is 15.1 Å². The van der Waals surface area contributed by atoms with Gasteiger partial charge in [-0.1, -0.05) is 25.5 Å². The highest BCUT2D eigenvalue weighted by atomic mass is 19.1. The van der Waals surface area contributed by atoms with E-state index in [1.165, 1.54) is 0 Å². The van der Waals surface area contributed by atoms with Crippen LogP contribution in [0.25, 0.3) is 11.4 Å². The lowest BCUT2D eigenvalue weighted by molar-refractivity contribution is -0.117. The van der Waals surface area contributed by atoms with Crippen molar-refractivity contribution in [3.8, 4) is 17.1 Å². The number of nitrogens with zero attached hydrogens (tertiary/aromatic N) is 2. The molecule has 0 saturated carbocycles. The fourth-order valence-corrected chi connectivity index (χ4v) is 5.37. The Kier molecular flexibility index (Phi) is 10.0. The lowest BCUT2D eigenvalue weighted by atomic mass is 9.90. The van der Waals surface area contributed by atoms with Crippen LogP contribution in [0.2, 0.25) is 0 Å². The number of H-pyrrole nitrogens is 1. The molecule has 1 aliphatic heterocycles. The summed E-state index contributed by atoms with van der Waals surface area (Å²) in [6, 6.07) is 5.89. The summed E-state index contributed by atoms with van der Waals surface area (Å²) in [7, 11) is 1.65. The fourth-order valence-electron chi connectivity index (χ4n) is 5.37. The molecule has 40 heavy (non-hydrogen) atoms. The van der Waals surface area contributed by atoms with Crippen LogP contribution in [0, 0.1) is 11.3 Å². The van der Waals surface area contributed by atoms with Crippen molar-refractivity contribution in [2.75, 3.05) is 38.6 Å². The zero-order chi connectivity index (χ0) is 28.6. The van der Waals surface area contributed by atoms with Crippen LogP contribution in [0.3, 0.4) is 0 Å². The number of halogens is 1. The molecule has 1 aromatic carbocycles. The summed E-state index contributed by atoms with van der Waals surface area (Å²) < 4.78 is 19.6. The number of piperidine rings is 1. The molecule has 0 amide bonds. The second kappa shape index (κ2) is 13.7. The largest absolute Gasteiger partial charge is 0.493 e. The Morgan fingerprint density at radius 1 is 1.30 bits per heavy atom. The molecular formula is C31H40FN5O3. The molecule has 4 rings (SSSR count). The van der Waals surface area contributed by atoms with Gasteiger partial charge in [-0.05, 0) is 68.7 Å². The van der Waals surface area contributed by atoms with E-state index >= 15 is 0 Å². The minimum atomic E-state index is -0.332. The number of aromatic nitrogens is 2. The summed E-state index contributed by atoms with van der Waals surface area (Å²) in [5.41, 5.74) is 3.11. The van der Waals surface area contributed by atoms with Crippen molar-refractivity contribution < 1.29 is 13.9 Å². The molecule has 3 N–H and O–H groups in total. The predicted octanol–water partition coefficient (Wildman–Crippen LogP) is 5.44. The molecule has 0 bridgehead atoms. The molecule has 2 heterocycles. The van der Waals surface area contributed by atoms with E-state index in [9.17, 15) is 14.0 Å². The van der Waals surface area contributed by atoms with Crippen LogP contribution in [0.4, 0.5) is 10.1 Å². The summed E-state index contributed by atoms with van der Waals surface area (Å²) in [6.07, 6.45) is 8.30. The van der Waals surface area contributed by atoms with E-state index in [0.717, 1.165) is 43.4 Å². The Morgan fingerprint density at radius 2 is 2.12 bits per heavy atom. The van der Waals surface area contributed by atoms with Gasteiger partial charge in [-0.2, -0.15) is 0 Å². The van der Waals surface area contributed by atoms with Crippen LogP contribution in [0.15, 0.2) is 46.5 Å². The molecular weight excluding hydrogens is 509 g/mol. The minimum Gasteiger partial charge on any atom is -0.493 e. The molecule has 2 aliphatic rings. The molecule has 0 spiro atoms. The number of aromatic amines is 1. The van der Waals surface area contributed by atoms with Crippen LogP contribution < -0.4 is 15.6 Å². The lowest BCUT2D eigenvalue weighted by Gasteiger charge is -2.28. The first-order chi connectivity index (χ1) is 19.3. The van der Waals surface area contributed by atoms with Crippen molar-refractivity contribution in [2.45, 2.75) is 58.8 Å². The average Bonchev–Trinajstić information content (AvgIpc) is 2.94. The number of Topliss-reactive ketones (excluding diaryl/α,β-unsaturated/α-hetero) is 1. The van der Waals surface area contributed by atoms with Crippen LogP contribution in [-0.2, 0) is 11.2 Å². The first-order valence-corrected chi connectivity index (χ1v) is 14.3. The standard InChI is InChI=1S/C31H40FN5O3/c1-4-7-25(33)28-29(34-3)31(39)36-30(35-28)24-18-20(10-11-27(24)40-5-2)12-14-37-15-13-26(38)22(19-37)16-21-8-6-9-23(32)17-21/h10-11,16-18,21,33-34H,4-9,12-15,19H2,1-3H3,(H,35,36,39)/b22-16-,33-25?/t21-/m0/s1. The number of ether oxygens (including phenoxy) is 1. The summed E-state index contributed by atoms with van der Waals surface area (Å²) in [4.78, 5) is 35.3. The second-order valence-electron chi connectivity index (χ2n) is 10.4. The van der Waals surface area contributed by atoms with E-state index < -0.39 is 0 Å². The normalized spacial score (nSPS) is 19.0. The molecule has 1 saturated heterocycles. The number of allylic oxidation sites excluding steroid dienone is 3. The molecule has 2 aromatic rings. The number of carbonyl (C=O) groups is 1. The van der Waals surface area contributed by atoms with Gasteiger partial charge in [0.2, 0.25) is 0 Å². The number of nitrogens with one attached hydrogen (secondary N) is 3. The van der Waals surface area contributed by atoms with Gasteiger partial charge in [0.1, 0.15) is 23.0 Å². The molecule has 9 heteroatoms. The van der Waals surface area contributed by atoms with Gasteiger partial charge in [0, 0.05) is 38.7 Å². The molecule has 8 nitrogen and oxygen atoms in total. The average molecular weight is 550 g/mol. The zero-order valence-electron chi connectivity index (χ0n) is 23.7. The Balaban J connectivity index is 1.56. The van der Waals surface area contributed by atoms with Gasteiger partial charge in [0.05, 0.1) is 23.7 Å². The molecule has 214 valence electrons. The van der Waals surface area contributed by atoms with Crippen molar-refractivity contribution in [1.29, 1.82) is 5.41 Å². The van der Waals surface area contributed by atoms with Gasteiger partial charge in [-0.15, -0.1) is 0 Å². The topological polar surface area (TPSA) is 111 Å². The van der Waals surface area contributed by atoms with Gasteiger partial charge >= 0.3 is 0 Å². The van der Waals surface area contributed by atoms with Gasteiger partial charge in [0.15, 0.2) is 5.78 Å². The summed E-state index contributed by atoms with van der Waals surface area (Å²) >= 11 is 0. The zero-order valence-corrected chi connectivity index (χ0v) is 23.7. The van der Waals surface area contributed by atoms with Crippen LogP contribution in [0.1, 0.15) is 63.6 Å². The smallest absolute Gasteiger partial charge is 0.275 e. The highest BCUT2D eigenvalue weighted by Crippen LogP contribution is 2.30. The first kappa shape index (κ1) is 29.4. The number of carbonyl (C=O) groups excluding carboxylic acids is 1. The third-order valence-corrected chi connectivity index (χ3v) is 7.44. The third kappa shape index (κ3) is 7.13. The van der Waals surface area contributed by atoms with Crippen LogP contribution >= 0.6 is 0 Å². The highest BCUT2D eigenvalue weighted by Gasteiger charge is 2.23. The number of hydrogen-bond donors (Lipinski definition) is 3. The Bertz CT molecular complexity index is 1360. The molecule has 0 unspecified atom stereocenters. The van der Waals surface area contributed by atoms with E-state index in [1.54, 1.807) is 13.1 Å². The predicted molar refractivity (Wildman–Crippen MR) is 157 cm³/mol. The fraction of sp³-hybridized carbons (Fsp3) is 0.484. The summed E-state index contributed by atoms with van der Waals surface area (Å²) in [6.45, 7) is 6.36. The van der Waals surface area contributed by atoms with Crippen molar-refractivity contribution >= 4 is 17.2 Å². The second-order valence-corrected chi connectivity index (χ2v) is 10.4. The van der Waals surface area contributed by atoms with E-state index in [0.29, 0.717) is 67.5 Å². The maximum Gasteiger partial charge on any atom is 0.275 e. The maximum absolute atomic E-state index is 13.7. The molecule has 1 aliphatic carbocycles. The van der Waals surface area contributed by atoms with Crippen LogP contribution in [0.5, 0.6) is 5.75 Å². The highest BCUT2D eigenvalue weighted by molar-refractivity contribution is 6.01. The lowest BCUT2D eigenvalue weighted by Crippen LogP contribution is -2.37. The van der Waals surface area contributed by atoms with Gasteiger partial charge < -0.3 is 20.4 Å². The Morgan fingerprint density at radius 3 is 2.85 bits per heavy atom. The molecule has 0 radical (unpaired) electrons. The third-order valence-electron chi connectivity index (χ3n) is 7.44. The van der Waals surface area contributed by atoms with Gasteiger partial charge in [0.25, 0.3) is 5.56 Å². The monoisotopic (exact) mass is 549 g/mol. The Hall–Kier alpha value is -3.59. The van der Waals surface area contributed by atoms with E-state index in [1.807, 2.05) is 38.1 Å².